The minimum atomic E-state index is 0.0262. The van der Waals surface area contributed by atoms with Gasteiger partial charge in [-0.05, 0) is 47.0 Å². The average molecular weight is 354 g/mol. The maximum atomic E-state index is 11.8. The number of hydrogen-bond donors (Lipinski definition) is 2. The maximum Gasteiger partial charge on any atom is 0.243 e. The molecular formula is C19H39N5O. The minimum Gasteiger partial charge on any atom is -0.356 e. The number of aliphatic imine (C=N–C) groups is 1. The molecule has 0 bridgehead atoms. The Hall–Kier alpha value is -1.30. The molecule has 146 valence electrons. The van der Waals surface area contributed by atoms with E-state index in [-0.39, 0.29) is 12.5 Å². The summed E-state index contributed by atoms with van der Waals surface area (Å²) in [5, 5.41) is 6.91. The van der Waals surface area contributed by atoms with Crippen molar-refractivity contribution in [3.05, 3.63) is 0 Å². The normalized spacial score (nSPS) is 16.1. The summed E-state index contributed by atoms with van der Waals surface area (Å²) in [5.74, 6) is 0.807. The van der Waals surface area contributed by atoms with Crippen LogP contribution in [0.1, 0.15) is 59.8 Å². The molecule has 1 aliphatic carbocycles. The minimum absolute atomic E-state index is 0.0262. The second-order valence-electron chi connectivity index (χ2n) is 7.78. The second-order valence-corrected chi connectivity index (χ2v) is 7.78. The largest absolute Gasteiger partial charge is 0.356 e. The third-order valence-electron chi connectivity index (χ3n) is 4.78. The van der Waals surface area contributed by atoms with Crippen LogP contribution in [-0.4, -0.2) is 73.5 Å². The van der Waals surface area contributed by atoms with Crippen molar-refractivity contribution in [2.75, 3.05) is 33.7 Å². The number of nitrogens with one attached hydrogen (secondary N) is 2. The highest BCUT2D eigenvalue weighted by molar-refractivity contribution is 5.84. The zero-order chi connectivity index (χ0) is 18.8. The number of likely N-dealkylation sites (N-methyl/N-ethyl adjacent to an activating group) is 1. The van der Waals surface area contributed by atoms with Crippen LogP contribution >= 0.6 is 0 Å². The van der Waals surface area contributed by atoms with E-state index in [2.05, 4.69) is 48.2 Å². The number of rotatable bonds is 9. The predicted octanol–water partition coefficient (Wildman–Crippen LogP) is 2.06. The molecule has 1 rings (SSSR count). The zero-order valence-electron chi connectivity index (χ0n) is 17.1. The van der Waals surface area contributed by atoms with E-state index in [4.69, 9.17) is 0 Å². The van der Waals surface area contributed by atoms with Crippen molar-refractivity contribution >= 4 is 11.9 Å². The van der Waals surface area contributed by atoms with Gasteiger partial charge in [0, 0.05) is 45.3 Å². The molecule has 0 aromatic heterocycles. The maximum absolute atomic E-state index is 11.8. The molecule has 0 aromatic rings. The fourth-order valence-electron chi connectivity index (χ4n) is 3.29. The molecular weight excluding hydrogens is 314 g/mol. The van der Waals surface area contributed by atoms with Crippen molar-refractivity contribution in [3.63, 3.8) is 0 Å². The molecule has 6 nitrogen and oxygen atoms in total. The summed E-state index contributed by atoms with van der Waals surface area (Å²) in [6.07, 6.45) is 6.00. The molecule has 1 amide bonds. The predicted molar refractivity (Wildman–Crippen MR) is 106 cm³/mol. The first-order valence-corrected chi connectivity index (χ1v) is 9.82. The van der Waals surface area contributed by atoms with Crippen LogP contribution in [0.5, 0.6) is 0 Å². The van der Waals surface area contributed by atoms with Gasteiger partial charge in [0.05, 0.1) is 0 Å². The van der Waals surface area contributed by atoms with E-state index in [0.29, 0.717) is 18.1 Å². The Balaban J connectivity index is 2.48. The van der Waals surface area contributed by atoms with Crippen LogP contribution in [0.2, 0.25) is 0 Å². The van der Waals surface area contributed by atoms with Crippen molar-refractivity contribution in [2.24, 2.45) is 4.99 Å². The highest BCUT2D eigenvalue weighted by Gasteiger charge is 2.17. The zero-order valence-corrected chi connectivity index (χ0v) is 17.1. The summed E-state index contributed by atoms with van der Waals surface area (Å²) >= 11 is 0. The molecule has 0 atom stereocenters. The number of guanidine groups is 1. The van der Waals surface area contributed by atoms with Crippen LogP contribution in [0.3, 0.4) is 0 Å². The van der Waals surface area contributed by atoms with Crippen LogP contribution in [0, 0.1) is 0 Å². The number of amides is 1. The Kier molecular flexibility index (Phi) is 9.86. The Morgan fingerprint density at radius 1 is 1.12 bits per heavy atom. The number of nitrogens with zero attached hydrogens (tertiary/aromatic N) is 3. The summed E-state index contributed by atoms with van der Waals surface area (Å²) in [4.78, 5) is 20.4. The number of carbonyl (C=O) groups excluding carboxylic acids is 1. The summed E-state index contributed by atoms with van der Waals surface area (Å²) in [6, 6.07) is 1.61. The summed E-state index contributed by atoms with van der Waals surface area (Å²) in [7, 11) is 3.53. The lowest BCUT2D eigenvalue weighted by Gasteiger charge is -2.30. The molecule has 0 heterocycles. The van der Waals surface area contributed by atoms with E-state index in [1.54, 1.807) is 19.0 Å². The fraction of sp³-hybridized carbons (Fsp3) is 0.895. The van der Waals surface area contributed by atoms with E-state index in [1.165, 1.54) is 25.7 Å². The SMILES string of the molecule is CC(C)N(CCCNC(=NCC(=O)N(C)C)NC1CCCC1)C(C)C. The van der Waals surface area contributed by atoms with Gasteiger partial charge in [0.2, 0.25) is 5.91 Å². The van der Waals surface area contributed by atoms with Crippen molar-refractivity contribution in [1.82, 2.24) is 20.4 Å². The molecule has 0 saturated heterocycles. The van der Waals surface area contributed by atoms with Crippen LogP contribution < -0.4 is 10.6 Å². The molecule has 1 aliphatic rings. The van der Waals surface area contributed by atoms with Gasteiger partial charge >= 0.3 is 0 Å². The Morgan fingerprint density at radius 2 is 1.72 bits per heavy atom. The van der Waals surface area contributed by atoms with E-state index >= 15 is 0 Å². The Bertz CT molecular complexity index is 406. The lowest BCUT2D eigenvalue weighted by atomic mass is 10.2. The molecule has 6 heteroatoms. The number of hydrogen-bond acceptors (Lipinski definition) is 3. The summed E-state index contributed by atoms with van der Waals surface area (Å²) in [6.45, 7) is 11.1. The molecule has 1 fully saturated rings. The van der Waals surface area contributed by atoms with Gasteiger partial charge in [-0.15, -0.1) is 0 Å². The molecule has 0 radical (unpaired) electrons. The first kappa shape index (κ1) is 21.7. The van der Waals surface area contributed by atoms with Crippen LogP contribution in [0.15, 0.2) is 4.99 Å². The Morgan fingerprint density at radius 3 is 2.24 bits per heavy atom. The topological polar surface area (TPSA) is 60.0 Å². The van der Waals surface area contributed by atoms with Gasteiger partial charge in [0.15, 0.2) is 5.96 Å². The standard InChI is InChI=1S/C19H39N5O/c1-15(2)24(16(3)4)13-9-12-20-19(21-14-18(25)23(5)6)22-17-10-7-8-11-17/h15-17H,7-14H2,1-6H3,(H2,20,21,22). The molecule has 0 aliphatic heterocycles. The molecule has 2 N–H and O–H groups in total. The first-order chi connectivity index (χ1) is 11.8. The summed E-state index contributed by atoms with van der Waals surface area (Å²) < 4.78 is 0. The molecule has 25 heavy (non-hydrogen) atoms. The van der Waals surface area contributed by atoms with Gasteiger partial charge in [0.1, 0.15) is 6.54 Å². The lowest BCUT2D eigenvalue weighted by molar-refractivity contribution is -0.127. The van der Waals surface area contributed by atoms with Crippen molar-refractivity contribution in [3.8, 4) is 0 Å². The van der Waals surface area contributed by atoms with Crippen LogP contribution in [-0.2, 0) is 4.79 Å². The Labute approximate surface area is 154 Å². The van der Waals surface area contributed by atoms with Gasteiger partial charge in [-0.2, -0.15) is 0 Å². The van der Waals surface area contributed by atoms with E-state index < -0.39 is 0 Å². The molecule has 0 unspecified atom stereocenters. The summed E-state index contributed by atoms with van der Waals surface area (Å²) in [5.41, 5.74) is 0. The highest BCUT2D eigenvalue weighted by Crippen LogP contribution is 2.17. The van der Waals surface area contributed by atoms with Crippen molar-refractivity contribution in [2.45, 2.75) is 77.9 Å². The quantitative estimate of drug-likeness (QED) is 0.378. The molecule has 0 aromatic carbocycles. The third-order valence-corrected chi connectivity index (χ3v) is 4.78. The fourth-order valence-corrected chi connectivity index (χ4v) is 3.29. The van der Waals surface area contributed by atoms with Gasteiger partial charge in [-0.1, -0.05) is 12.8 Å². The van der Waals surface area contributed by atoms with Gasteiger partial charge in [-0.25, -0.2) is 4.99 Å². The number of carbonyl (C=O) groups is 1. The smallest absolute Gasteiger partial charge is 0.243 e. The second kappa shape index (κ2) is 11.3. The first-order valence-electron chi connectivity index (χ1n) is 9.82. The van der Waals surface area contributed by atoms with Gasteiger partial charge in [0.25, 0.3) is 0 Å². The van der Waals surface area contributed by atoms with Crippen molar-refractivity contribution < 1.29 is 4.79 Å². The van der Waals surface area contributed by atoms with Crippen molar-refractivity contribution in [1.29, 1.82) is 0 Å². The van der Waals surface area contributed by atoms with E-state index in [1.807, 2.05) is 0 Å². The molecule has 1 saturated carbocycles. The monoisotopic (exact) mass is 353 g/mol. The lowest BCUT2D eigenvalue weighted by Crippen LogP contribution is -2.44. The van der Waals surface area contributed by atoms with E-state index in [9.17, 15) is 4.79 Å². The van der Waals surface area contributed by atoms with Gasteiger partial charge < -0.3 is 15.5 Å². The molecule has 0 spiro atoms. The average Bonchev–Trinajstić information content (AvgIpc) is 3.03. The van der Waals surface area contributed by atoms with Crippen LogP contribution in [0.4, 0.5) is 0 Å². The third kappa shape index (κ3) is 8.56. The van der Waals surface area contributed by atoms with E-state index in [0.717, 1.165) is 25.5 Å². The highest BCUT2D eigenvalue weighted by atomic mass is 16.2. The van der Waals surface area contributed by atoms with Crippen LogP contribution in [0.25, 0.3) is 0 Å². The van der Waals surface area contributed by atoms with Gasteiger partial charge in [-0.3, -0.25) is 9.69 Å².